The minimum Gasteiger partial charge on any atom is -0.379 e. The normalized spacial score (nSPS) is 21.4. The van der Waals surface area contributed by atoms with Crippen LogP contribution in [0, 0.1) is 12.8 Å². The summed E-state index contributed by atoms with van der Waals surface area (Å²) >= 11 is 0. The Bertz CT molecular complexity index is 656. The number of piperidine rings is 1. The maximum atomic E-state index is 12.5. The van der Waals surface area contributed by atoms with Crippen molar-refractivity contribution in [3.05, 3.63) is 47.3 Å². The van der Waals surface area contributed by atoms with Gasteiger partial charge >= 0.3 is 0 Å². The van der Waals surface area contributed by atoms with E-state index >= 15 is 0 Å². The minimum atomic E-state index is -0.135. The van der Waals surface area contributed by atoms with Crippen LogP contribution in [0.5, 0.6) is 0 Å². The quantitative estimate of drug-likeness (QED) is 0.864. The minimum absolute atomic E-state index is 0.0214. The monoisotopic (exact) mass is 315 g/mol. The van der Waals surface area contributed by atoms with E-state index in [0.29, 0.717) is 30.4 Å². The number of rotatable bonds is 4. The van der Waals surface area contributed by atoms with Gasteiger partial charge in [-0.2, -0.15) is 0 Å². The first kappa shape index (κ1) is 15.7. The molecular formula is C17H21N3O3. The summed E-state index contributed by atoms with van der Waals surface area (Å²) in [5, 5.41) is 7.39. The topological polar surface area (TPSA) is 68.5 Å². The van der Waals surface area contributed by atoms with Gasteiger partial charge in [0.05, 0.1) is 6.10 Å². The van der Waals surface area contributed by atoms with Gasteiger partial charge in [0.25, 0.3) is 5.91 Å². The van der Waals surface area contributed by atoms with Crippen LogP contribution in [0.4, 0.5) is 0 Å². The molecule has 6 heteroatoms. The first-order chi connectivity index (χ1) is 11.2. The van der Waals surface area contributed by atoms with Crippen molar-refractivity contribution in [2.24, 2.45) is 5.92 Å². The Balaban J connectivity index is 1.67. The number of carbonyl (C=O) groups is 1. The molecule has 1 amide bonds. The molecule has 1 aromatic carbocycles. The lowest BCUT2D eigenvalue weighted by molar-refractivity contribution is -0.00730. The van der Waals surface area contributed by atoms with Gasteiger partial charge in [0.2, 0.25) is 0 Å². The van der Waals surface area contributed by atoms with E-state index in [0.717, 1.165) is 12.8 Å². The number of benzene rings is 1. The van der Waals surface area contributed by atoms with Crippen molar-refractivity contribution in [2.45, 2.75) is 25.9 Å². The standard InChI is InChI=1S/C17H21N3O3/c1-12-16(19-23-18-12)17(21)20-9-8-14(15(11-20)22-2)10-13-6-4-3-5-7-13/h3-7,14-15H,8-11H2,1-2H3/t14-,15+/m1/s1. The van der Waals surface area contributed by atoms with Crippen molar-refractivity contribution >= 4 is 5.91 Å². The highest BCUT2D eigenvalue weighted by Crippen LogP contribution is 2.25. The van der Waals surface area contributed by atoms with E-state index in [1.807, 2.05) is 6.07 Å². The predicted octanol–water partition coefficient (Wildman–Crippen LogP) is 2.10. The van der Waals surface area contributed by atoms with E-state index in [2.05, 4.69) is 39.2 Å². The van der Waals surface area contributed by atoms with Crippen LogP contribution in [0.25, 0.3) is 0 Å². The molecular weight excluding hydrogens is 294 g/mol. The summed E-state index contributed by atoms with van der Waals surface area (Å²) in [7, 11) is 1.71. The molecule has 0 saturated carbocycles. The molecule has 0 unspecified atom stereocenters. The molecule has 1 aliphatic heterocycles. The molecule has 1 aliphatic rings. The smallest absolute Gasteiger partial charge is 0.278 e. The van der Waals surface area contributed by atoms with Gasteiger partial charge in [-0.05, 0) is 36.4 Å². The fourth-order valence-electron chi connectivity index (χ4n) is 3.14. The number of amides is 1. The average Bonchev–Trinajstić information content (AvgIpc) is 3.01. The van der Waals surface area contributed by atoms with E-state index in [1.54, 1.807) is 18.9 Å². The SMILES string of the molecule is CO[C@H]1CN(C(=O)c2nonc2C)CC[C@@H]1Cc1ccccc1. The number of aromatic nitrogens is 2. The Morgan fingerprint density at radius 1 is 1.35 bits per heavy atom. The summed E-state index contributed by atoms with van der Waals surface area (Å²) in [6, 6.07) is 10.4. The Morgan fingerprint density at radius 3 is 2.78 bits per heavy atom. The third-order valence-electron chi connectivity index (χ3n) is 4.48. The number of nitrogens with zero attached hydrogens (tertiary/aromatic N) is 3. The largest absolute Gasteiger partial charge is 0.379 e. The number of methoxy groups -OCH3 is 1. The molecule has 0 aliphatic carbocycles. The summed E-state index contributed by atoms with van der Waals surface area (Å²) in [4.78, 5) is 14.3. The average molecular weight is 315 g/mol. The first-order valence-electron chi connectivity index (χ1n) is 7.84. The number of likely N-dealkylation sites (tertiary alicyclic amines) is 1. The number of hydrogen-bond acceptors (Lipinski definition) is 5. The van der Waals surface area contributed by atoms with Gasteiger partial charge in [-0.15, -0.1) is 0 Å². The van der Waals surface area contributed by atoms with Gasteiger partial charge in [-0.1, -0.05) is 35.5 Å². The highest BCUT2D eigenvalue weighted by molar-refractivity contribution is 5.93. The Morgan fingerprint density at radius 2 is 2.13 bits per heavy atom. The van der Waals surface area contributed by atoms with Crippen LogP contribution in [0.3, 0.4) is 0 Å². The molecule has 1 aromatic heterocycles. The molecule has 3 rings (SSSR count). The molecule has 0 radical (unpaired) electrons. The van der Waals surface area contributed by atoms with Crippen molar-refractivity contribution in [3.8, 4) is 0 Å². The van der Waals surface area contributed by atoms with Crippen molar-refractivity contribution in [3.63, 3.8) is 0 Å². The van der Waals surface area contributed by atoms with Crippen LogP contribution < -0.4 is 0 Å². The summed E-state index contributed by atoms with van der Waals surface area (Å²) in [6.07, 6.45) is 1.89. The van der Waals surface area contributed by atoms with E-state index in [1.165, 1.54) is 5.56 Å². The second kappa shape index (κ2) is 6.91. The van der Waals surface area contributed by atoms with Gasteiger partial charge in [-0.3, -0.25) is 4.79 Å². The molecule has 2 heterocycles. The Labute approximate surface area is 135 Å². The molecule has 23 heavy (non-hydrogen) atoms. The van der Waals surface area contributed by atoms with E-state index in [-0.39, 0.29) is 12.0 Å². The van der Waals surface area contributed by atoms with Crippen molar-refractivity contribution in [2.75, 3.05) is 20.2 Å². The summed E-state index contributed by atoms with van der Waals surface area (Å²) < 4.78 is 10.3. The van der Waals surface area contributed by atoms with Crippen LogP contribution in [0.1, 0.15) is 28.2 Å². The lowest BCUT2D eigenvalue weighted by Crippen LogP contribution is -2.48. The molecule has 0 bridgehead atoms. The van der Waals surface area contributed by atoms with Gasteiger partial charge in [0.15, 0.2) is 5.69 Å². The van der Waals surface area contributed by atoms with E-state index < -0.39 is 0 Å². The highest BCUT2D eigenvalue weighted by atomic mass is 16.6. The van der Waals surface area contributed by atoms with Gasteiger partial charge < -0.3 is 9.64 Å². The third kappa shape index (κ3) is 3.42. The maximum Gasteiger partial charge on any atom is 0.278 e. The predicted molar refractivity (Wildman–Crippen MR) is 84.0 cm³/mol. The lowest BCUT2D eigenvalue weighted by Gasteiger charge is -2.37. The molecule has 0 N–H and O–H groups in total. The highest BCUT2D eigenvalue weighted by Gasteiger charge is 2.33. The summed E-state index contributed by atoms with van der Waals surface area (Å²) in [5.74, 6) is 0.270. The zero-order chi connectivity index (χ0) is 16.2. The molecule has 2 atom stereocenters. The van der Waals surface area contributed by atoms with Crippen LogP contribution in [-0.4, -0.2) is 47.4 Å². The molecule has 1 fully saturated rings. The molecule has 2 aromatic rings. The second-order valence-corrected chi connectivity index (χ2v) is 5.96. The van der Waals surface area contributed by atoms with Crippen LogP contribution >= 0.6 is 0 Å². The zero-order valence-corrected chi connectivity index (χ0v) is 13.4. The number of aryl methyl sites for hydroxylation is 1. The zero-order valence-electron chi connectivity index (χ0n) is 13.4. The van der Waals surface area contributed by atoms with E-state index in [4.69, 9.17) is 4.74 Å². The molecule has 6 nitrogen and oxygen atoms in total. The fourth-order valence-corrected chi connectivity index (χ4v) is 3.14. The summed E-state index contributed by atoms with van der Waals surface area (Å²) in [6.45, 7) is 2.99. The van der Waals surface area contributed by atoms with Gasteiger partial charge in [-0.25, -0.2) is 4.63 Å². The van der Waals surface area contributed by atoms with Crippen LogP contribution in [0.15, 0.2) is 35.0 Å². The molecule has 1 saturated heterocycles. The molecule has 122 valence electrons. The number of hydrogen-bond donors (Lipinski definition) is 0. The Hall–Kier alpha value is -2.21. The van der Waals surface area contributed by atoms with Crippen molar-refractivity contribution in [1.29, 1.82) is 0 Å². The Kier molecular flexibility index (Phi) is 4.71. The van der Waals surface area contributed by atoms with Crippen LogP contribution in [0.2, 0.25) is 0 Å². The lowest BCUT2D eigenvalue weighted by atomic mass is 9.87. The fraction of sp³-hybridized carbons (Fsp3) is 0.471. The number of ether oxygens (including phenoxy) is 1. The van der Waals surface area contributed by atoms with Gasteiger partial charge in [0, 0.05) is 20.2 Å². The first-order valence-corrected chi connectivity index (χ1v) is 7.84. The van der Waals surface area contributed by atoms with Gasteiger partial charge in [0.1, 0.15) is 5.69 Å². The maximum absolute atomic E-state index is 12.5. The van der Waals surface area contributed by atoms with Crippen LogP contribution in [-0.2, 0) is 11.2 Å². The van der Waals surface area contributed by atoms with Crippen molar-refractivity contribution in [1.82, 2.24) is 15.2 Å². The van der Waals surface area contributed by atoms with Crippen molar-refractivity contribution < 1.29 is 14.2 Å². The molecule has 0 spiro atoms. The third-order valence-corrected chi connectivity index (χ3v) is 4.48. The second-order valence-electron chi connectivity index (χ2n) is 5.96. The number of carbonyl (C=O) groups excluding carboxylic acids is 1. The van der Waals surface area contributed by atoms with E-state index in [9.17, 15) is 4.79 Å². The summed E-state index contributed by atoms with van der Waals surface area (Å²) in [5.41, 5.74) is 2.12.